The minimum atomic E-state index is -0.442. The second kappa shape index (κ2) is 7.18. The number of fused-ring (bicyclic) bond motifs is 1. The van der Waals surface area contributed by atoms with E-state index < -0.39 is 5.91 Å². The van der Waals surface area contributed by atoms with Crippen LogP contribution in [0.1, 0.15) is 29.4 Å². The van der Waals surface area contributed by atoms with Gasteiger partial charge in [0.25, 0.3) is 11.5 Å². The lowest BCUT2D eigenvalue weighted by molar-refractivity contribution is 0.0949. The van der Waals surface area contributed by atoms with Crippen molar-refractivity contribution in [2.24, 2.45) is 5.10 Å². The summed E-state index contributed by atoms with van der Waals surface area (Å²) in [5.74, 6) is -0.442. The van der Waals surface area contributed by atoms with Gasteiger partial charge in [-0.3, -0.25) is 9.59 Å². The molecule has 1 aromatic carbocycles. The van der Waals surface area contributed by atoms with Gasteiger partial charge in [0, 0.05) is 17.5 Å². The molecule has 0 radical (unpaired) electrons. The number of nitrogens with one attached hydrogen (secondary N) is 1. The lowest BCUT2D eigenvalue weighted by Gasteiger charge is -2.09. The van der Waals surface area contributed by atoms with Crippen LogP contribution in [0.4, 0.5) is 0 Å². The molecule has 0 fully saturated rings. The Bertz CT molecular complexity index is 945. The van der Waals surface area contributed by atoms with E-state index in [0.29, 0.717) is 17.3 Å². The summed E-state index contributed by atoms with van der Waals surface area (Å²) in [6.45, 7) is 2.41. The van der Waals surface area contributed by atoms with Crippen molar-refractivity contribution in [3.63, 3.8) is 0 Å². The molecule has 6 nitrogen and oxygen atoms in total. The summed E-state index contributed by atoms with van der Waals surface area (Å²) < 4.78 is 1.33. The van der Waals surface area contributed by atoms with Gasteiger partial charge in [0.2, 0.25) is 0 Å². The van der Waals surface area contributed by atoms with E-state index in [1.54, 1.807) is 41.8 Å². The van der Waals surface area contributed by atoms with Crippen molar-refractivity contribution in [3.05, 3.63) is 62.7 Å². The molecule has 0 spiro atoms. The van der Waals surface area contributed by atoms with E-state index in [0.717, 1.165) is 12.0 Å². The number of hydrazone groups is 1. The van der Waals surface area contributed by atoms with Crippen LogP contribution in [0.25, 0.3) is 10.8 Å². The van der Waals surface area contributed by atoms with E-state index in [4.69, 9.17) is 0 Å². The molecule has 3 rings (SSSR count). The minimum absolute atomic E-state index is 0.189. The normalized spacial score (nSPS) is 11.2. The smallest absolute Gasteiger partial charge is 0.267 e. The Kier molecular flexibility index (Phi) is 4.81. The fraction of sp³-hybridized carbons (Fsp3) is 0.176. The zero-order valence-electron chi connectivity index (χ0n) is 13.1. The summed E-state index contributed by atoms with van der Waals surface area (Å²) in [6.07, 6.45) is 2.32. The highest BCUT2D eigenvalue weighted by Gasteiger charge is 2.15. The van der Waals surface area contributed by atoms with E-state index in [1.807, 2.05) is 23.8 Å². The zero-order valence-corrected chi connectivity index (χ0v) is 13.9. The number of thiophene rings is 1. The number of nitrogens with zero attached hydrogens (tertiary/aromatic N) is 3. The van der Waals surface area contributed by atoms with Crippen molar-refractivity contribution >= 4 is 34.2 Å². The van der Waals surface area contributed by atoms with Gasteiger partial charge in [0.15, 0.2) is 5.69 Å². The van der Waals surface area contributed by atoms with Crippen molar-refractivity contribution in [3.8, 4) is 0 Å². The number of hydrogen-bond acceptors (Lipinski definition) is 5. The zero-order chi connectivity index (χ0) is 16.9. The summed E-state index contributed by atoms with van der Waals surface area (Å²) >= 11 is 1.55. The lowest BCUT2D eigenvalue weighted by atomic mass is 10.1. The molecule has 0 unspecified atom stereocenters. The molecule has 0 bridgehead atoms. The van der Waals surface area contributed by atoms with E-state index in [2.05, 4.69) is 15.6 Å². The second-order valence-corrected chi connectivity index (χ2v) is 5.96. The monoisotopic (exact) mass is 340 g/mol. The van der Waals surface area contributed by atoms with E-state index >= 15 is 0 Å². The first-order valence-electron chi connectivity index (χ1n) is 7.56. The highest BCUT2D eigenvalue weighted by molar-refractivity contribution is 7.08. The fourth-order valence-corrected chi connectivity index (χ4v) is 2.94. The maximum Gasteiger partial charge on any atom is 0.292 e. The molecule has 0 atom stereocenters. The van der Waals surface area contributed by atoms with Crippen LogP contribution >= 0.6 is 11.3 Å². The summed E-state index contributed by atoms with van der Waals surface area (Å²) in [4.78, 5) is 24.9. The highest BCUT2D eigenvalue weighted by Crippen LogP contribution is 2.13. The predicted octanol–water partition coefficient (Wildman–Crippen LogP) is 2.63. The molecule has 2 heterocycles. The van der Waals surface area contributed by atoms with Crippen LogP contribution in [0, 0.1) is 0 Å². The number of benzene rings is 1. The van der Waals surface area contributed by atoms with Gasteiger partial charge in [-0.2, -0.15) is 21.5 Å². The van der Waals surface area contributed by atoms with Gasteiger partial charge in [-0.25, -0.2) is 10.1 Å². The number of hydrogen-bond donors (Lipinski definition) is 1. The molecular formula is C17H16N4O2S. The van der Waals surface area contributed by atoms with Gasteiger partial charge in [-0.05, 0) is 29.3 Å². The summed E-state index contributed by atoms with van der Waals surface area (Å²) in [6, 6.07) is 8.87. The van der Waals surface area contributed by atoms with Crippen molar-refractivity contribution < 1.29 is 4.79 Å². The van der Waals surface area contributed by atoms with Crippen molar-refractivity contribution in [2.45, 2.75) is 19.9 Å². The molecule has 0 aliphatic heterocycles. The molecule has 1 N–H and O–H groups in total. The van der Waals surface area contributed by atoms with Crippen LogP contribution in [0.5, 0.6) is 0 Å². The quantitative estimate of drug-likeness (QED) is 0.573. The van der Waals surface area contributed by atoms with Crippen LogP contribution in [-0.2, 0) is 6.54 Å². The Morgan fingerprint density at radius 2 is 2.12 bits per heavy atom. The largest absolute Gasteiger partial charge is 0.292 e. The SMILES string of the molecule is CCCn1nc(C(=O)N/N=C/c2ccsc2)c2ccccc2c1=O. The number of aromatic nitrogens is 2. The van der Waals surface area contributed by atoms with Crippen LogP contribution < -0.4 is 11.0 Å². The highest BCUT2D eigenvalue weighted by atomic mass is 32.1. The number of aryl methyl sites for hydroxylation is 1. The molecule has 24 heavy (non-hydrogen) atoms. The maximum atomic E-state index is 12.5. The molecule has 0 aliphatic carbocycles. The molecule has 3 aromatic rings. The number of rotatable bonds is 5. The molecule has 1 amide bonds. The second-order valence-electron chi connectivity index (χ2n) is 5.18. The van der Waals surface area contributed by atoms with Gasteiger partial charge in [0.05, 0.1) is 11.6 Å². The Balaban J connectivity index is 1.96. The van der Waals surface area contributed by atoms with Crippen LogP contribution in [0.15, 0.2) is 51.0 Å². The van der Waals surface area contributed by atoms with Gasteiger partial charge in [0.1, 0.15) is 0 Å². The van der Waals surface area contributed by atoms with E-state index in [1.165, 1.54) is 4.68 Å². The molecule has 122 valence electrons. The first kappa shape index (κ1) is 16.1. The summed E-state index contributed by atoms with van der Waals surface area (Å²) in [7, 11) is 0. The molecular weight excluding hydrogens is 324 g/mol. The van der Waals surface area contributed by atoms with Crippen LogP contribution in [0.2, 0.25) is 0 Å². The van der Waals surface area contributed by atoms with Gasteiger partial charge < -0.3 is 0 Å². The molecule has 2 aromatic heterocycles. The topological polar surface area (TPSA) is 76.3 Å². The standard InChI is InChI=1S/C17H16N4O2S/c1-2-8-21-17(23)14-6-4-3-5-13(14)15(20-21)16(22)19-18-10-12-7-9-24-11-12/h3-7,9-11H,2,8H2,1H3,(H,19,22)/b18-10+. The lowest BCUT2D eigenvalue weighted by Crippen LogP contribution is -2.29. The Morgan fingerprint density at radius 1 is 1.33 bits per heavy atom. The van der Waals surface area contributed by atoms with Crippen molar-refractivity contribution in [1.29, 1.82) is 0 Å². The third kappa shape index (κ3) is 3.26. The third-order valence-electron chi connectivity index (χ3n) is 3.44. The fourth-order valence-electron chi connectivity index (χ4n) is 2.33. The minimum Gasteiger partial charge on any atom is -0.267 e. The van der Waals surface area contributed by atoms with Gasteiger partial charge in [-0.1, -0.05) is 25.1 Å². The van der Waals surface area contributed by atoms with Crippen molar-refractivity contribution in [2.75, 3.05) is 0 Å². The first-order valence-corrected chi connectivity index (χ1v) is 8.50. The van der Waals surface area contributed by atoms with Crippen LogP contribution in [0.3, 0.4) is 0 Å². The Morgan fingerprint density at radius 3 is 2.83 bits per heavy atom. The number of amides is 1. The van der Waals surface area contributed by atoms with Gasteiger partial charge in [-0.15, -0.1) is 0 Å². The Labute approximate surface area is 142 Å². The molecule has 7 heteroatoms. The summed E-state index contributed by atoms with van der Waals surface area (Å²) in [5.41, 5.74) is 3.39. The average Bonchev–Trinajstić information content (AvgIpc) is 3.11. The predicted molar refractivity (Wildman–Crippen MR) is 95.7 cm³/mol. The maximum absolute atomic E-state index is 12.5. The average molecular weight is 340 g/mol. The molecule has 0 saturated heterocycles. The Hall–Kier alpha value is -2.80. The van der Waals surface area contributed by atoms with E-state index in [-0.39, 0.29) is 11.3 Å². The van der Waals surface area contributed by atoms with Crippen LogP contribution in [-0.4, -0.2) is 21.9 Å². The molecule has 0 saturated carbocycles. The summed E-state index contributed by atoms with van der Waals surface area (Å²) in [5, 5.41) is 13.0. The number of carbonyl (C=O) groups is 1. The first-order chi connectivity index (χ1) is 11.7. The van der Waals surface area contributed by atoms with Crippen molar-refractivity contribution in [1.82, 2.24) is 15.2 Å². The van der Waals surface area contributed by atoms with E-state index in [9.17, 15) is 9.59 Å². The third-order valence-corrected chi connectivity index (χ3v) is 4.14. The number of carbonyl (C=O) groups excluding carboxylic acids is 1. The molecule has 0 aliphatic rings. The van der Waals surface area contributed by atoms with Gasteiger partial charge >= 0.3 is 0 Å².